The van der Waals surface area contributed by atoms with Crippen LogP contribution in [0.25, 0.3) is 0 Å². The Bertz CT molecular complexity index is 584. The highest BCUT2D eigenvalue weighted by atomic mass is 127. The Morgan fingerprint density at radius 2 is 2.42 bits per heavy atom. The van der Waals surface area contributed by atoms with E-state index in [1.165, 1.54) is 0 Å². The molecule has 1 N–H and O–H groups in total. The molecule has 7 heteroatoms. The van der Waals surface area contributed by atoms with Gasteiger partial charge in [0.25, 0.3) is 0 Å². The fourth-order valence-electron chi connectivity index (χ4n) is 1.41. The van der Waals surface area contributed by atoms with Crippen LogP contribution in [0.5, 0.6) is 5.75 Å². The van der Waals surface area contributed by atoms with E-state index in [2.05, 4.69) is 32.8 Å². The van der Waals surface area contributed by atoms with Gasteiger partial charge in [0.2, 0.25) is 5.89 Å². The molecule has 0 aliphatic carbocycles. The van der Waals surface area contributed by atoms with Crippen LogP contribution in [0.3, 0.4) is 0 Å². The van der Waals surface area contributed by atoms with Crippen molar-refractivity contribution in [3.8, 4) is 5.75 Å². The summed E-state index contributed by atoms with van der Waals surface area (Å²) >= 11 is 3.80. The lowest BCUT2D eigenvalue weighted by molar-refractivity contribution is 0.283. The maximum atomic E-state index is 10.8. The van der Waals surface area contributed by atoms with E-state index < -0.39 is 5.76 Å². The summed E-state index contributed by atoms with van der Waals surface area (Å²) in [7, 11) is 0. The van der Waals surface area contributed by atoms with Crippen molar-refractivity contribution in [1.29, 1.82) is 0 Å². The van der Waals surface area contributed by atoms with Crippen LogP contribution in [-0.2, 0) is 5.75 Å². The predicted molar refractivity (Wildman–Crippen MR) is 82.3 cm³/mol. The molecule has 5 nitrogen and oxygen atoms in total. The first kappa shape index (κ1) is 14.4. The molecule has 0 amide bonds. The van der Waals surface area contributed by atoms with E-state index in [4.69, 9.17) is 9.15 Å². The molecule has 2 aromatic rings. The van der Waals surface area contributed by atoms with Gasteiger partial charge in [0, 0.05) is 3.57 Å². The predicted octanol–water partition coefficient (Wildman–Crippen LogP) is 3.02. The molecule has 0 spiro atoms. The summed E-state index contributed by atoms with van der Waals surface area (Å²) in [6.07, 6.45) is 0.852. The molecular formula is C12H13IN2O3S. The number of aromatic nitrogens is 2. The smallest absolute Gasteiger partial charge is 0.434 e. The molecule has 0 fully saturated rings. The maximum Gasteiger partial charge on any atom is 0.434 e. The number of benzene rings is 1. The minimum atomic E-state index is -0.526. The highest BCUT2D eigenvalue weighted by Crippen LogP contribution is 2.24. The molecule has 1 atom stereocenters. The third-order valence-corrected chi connectivity index (χ3v) is 4.16. The van der Waals surface area contributed by atoms with E-state index in [1.54, 1.807) is 11.8 Å². The molecule has 0 aliphatic heterocycles. The van der Waals surface area contributed by atoms with E-state index >= 15 is 0 Å². The molecule has 19 heavy (non-hydrogen) atoms. The van der Waals surface area contributed by atoms with Gasteiger partial charge in [-0.1, -0.05) is 13.0 Å². The monoisotopic (exact) mass is 392 g/mol. The van der Waals surface area contributed by atoms with Gasteiger partial charge in [-0.15, -0.1) is 16.9 Å². The van der Waals surface area contributed by atoms with Crippen molar-refractivity contribution in [1.82, 2.24) is 10.2 Å². The Morgan fingerprint density at radius 3 is 3.05 bits per heavy atom. The molecule has 0 bridgehead atoms. The second kappa shape index (κ2) is 6.99. The molecule has 0 saturated carbocycles. The van der Waals surface area contributed by atoms with E-state index in [0.717, 1.165) is 15.7 Å². The first-order valence-electron chi connectivity index (χ1n) is 5.75. The highest BCUT2D eigenvalue weighted by Gasteiger charge is 2.11. The fourth-order valence-corrected chi connectivity index (χ4v) is 2.80. The standard InChI is InChI=1S/C12H13IN2O3S/c1-2-11(17-9-5-3-4-8(13)6-9)19-7-10-14-15-12(16)18-10/h3-6,11H,2,7H2,1H3,(H,15,16). The first-order chi connectivity index (χ1) is 9.17. The Balaban J connectivity index is 1.91. The van der Waals surface area contributed by atoms with Gasteiger partial charge in [-0.2, -0.15) is 0 Å². The molecule has 1 unspecified atom stereocenters. The highest BCUT2D eigenvalue weighted by molar-refractivity contribution is 14.1. The molecular weight excluding hydrogens is 379 g/mol. The molecule has 1 aromatic heterocycles. The van der Waals surface area contributed by atoms with Crippen molar-refractivity contribution in [2.45, 2.75) is 24.5 Å². The summed E-state index contributed by atoms with van der Waals surface area (Å²) in [6.45, 7) is 2.05. The summed E-state index contributed by atoms with van der Waals surface area (Å²) < 4.78 is 11.9. The number of aromatic amines is 1. The first-order valence-corrected chi connectivity index (χ1v) is 7.88. The Kier molecular flexibility index (Phi) is 5.32. The maximum absolute atomic E-state index is 10.8. The lowest BCUT2D eigenvalue weighted by atomic mass is 10.3. The topological polar surface area (TPSA) is 68.1 Å². The minimum absolute atomic E-state index is 0.000187. The Hall–Kier alpha value is -0.960. The Morgan fingerprint density at radius 1 is 1.58 bits per heavy atom. The zero-order chi connectivity index (χ0) is 13.7. The van der Waals surface area contributed by atoms with Crippen molar-refractivity contribution >= 4 is 34.4 Å². The molecule has 0 saturated heterocycles. The SMILES string of the molecule is CCC(Oc1cccc(I)c1)SCc1n[nH]c(=O)o1. The average molecular weight is 392 g/mol. The number of hydrogen-bond donors (Lipinski definition) is 1. The normalized spacial score (nSPS) is 12.3. The zero-order valence-electron chi connectivity index (χ0n) is 10.3. The number of rotatable bonds is 6. The van der Waals surface area contributed by atoms with Gasteiger partial charge in [-0.25, -0.2) is 9.89 Å². The van der Waals surface area contributed by atoms with Crippen LogP contribution < -0.4 is 10.5 Å². The third-order valence-electron chi connectivity index (χ3n) is 2.27. The quantitative estimate of drug-likeness (QED) is 0.605. The van der Waals surface area contributed by atoms with E-state index in [0.29, 0.717) is 11.6 Å². The summed E-state index contributed by atoms with van der Waals surface area (Å²) in [5, 5.41) is 6.00. The number of thioether (sulfide) groups is 1. The zero-order valence-corrected chi connectivity index (χ0v) is 13.2. The third kappa shape index (κ3) is 4.57. The van der Waals surface area contributed by atoms with Crippen molar-refractivity contribution in [2.24, 2.45) is 0 Å². The number of nitrogens with zero attached hydrogens (tertiary/aromatic N) is 1. The summed E-state index contributed by atoms with van der Waals surface area (Å²) in [5.41, 5.74) is 0.000187. The van der Waals surface area contributed by atoms with Gasteiger partial charge < -0.3 is 9.15 Å². The van der Waals surface area contributed by atoms with Crippen LogP contribution in [0.4, 0.5) is 0 Å². The second-order valence-electron chi connectivity index (χ2n) is 3.73. The van der Waals surface area contributed by atoms with Crippen LogP contribution in [0, 0.1) is 3.57 Å². The van der Waals surface area contributed by atoms with Crippen LogP contribution in [0.2, 0.25) is 0 Å². The summed E-state index contributed by atoms with van der Waals surface area (Å²) in [5.74, 6) is 1.21. The average Bonchev–Trinajstić information content (AvgIpc) is 2.80. The van der Waals surface area contributed by atoms with Crippen molar-refractivity contribution < 1.29 is 9.15 Å². The van der Waals surface area contributed by atoms with Crippen LogP contribution in [-0.4, -0.2) is 15.6 Å². The second-order valence-corrected chi connectivity index (χ2v) is 6.12. The van der Waals surface area contributed by atoms with Crippen LogP contribution in [0.15, 0.2) is 33.5 Å². The summed E-state index contributed by atoms with van der Waals surface area (Å²) in [6, 6.07) is 7.89. The summed E-state index contributed by atoms with van der Waals surface area (Å²) in [4.78, 5) is 10.8. The number of ether oxygens (including phenoxy) is 1. The van der Waals surface area contributed by atoms with Gasteiger partial charge in [0.05, 0.1) is 5.75 Å². The fraction of sp³-hybridized carbons (Fsp3) is 0.333. The van der Waals surface area contributed by atoms with Crippen molar-refractivity contribution in [3.05, 3.63) is 44.3 Å². The van der Waals surface area contributed by atoms with Crippen molar-refractivity contribution in [3.63, 3.8) is 0 Å². The number of H-pyrrole nitrogens is 1. The van der Waals surface area contributed by atoms with E-state index in [-0.39, 0.29) is 5.44 Å². The van der Waals surface area contributed by atoms with Gasteiger partial charge >= 0.3 is 5.76 Å². The van der Waals surface area contributed by atoms with E-state index in [1.807, 2.05) is 31.2 Å². The van der Waals surface area contributed by atoms with Gasteiger partial charge in [-0.05, 0) is 47.2 Å². The molecule has 1 aromatic carbocycles. The van der Waals surface area contributed by atoms with Gasteiger partial charge in [0.15, 0.2) is 0 Å². The lowest BCUT2D eigenvalue weighted by Crippen LogP contribution is -2.11. The van der Waals surface area contributed by atoms with Crippen LogP contribution >= 0.6 is 34.4 Å². The van der Waals surface area contributed by atoms with Gasteiger partial charge in [0.1, 0.15) is 11.2 Å². The number of halogens is 1. The van der Waals surface area contributed by atoms with Crippen molar-refractivity contribution in [2.75, 3.05) is 0 Å². The molecule has 1 heterocycles. The van der Waals surface area contributed by atoms with E-state index in [9.17, 15) is 4.79 Å². The Labute approximate surface area is 128 Å². The minimum Gasteiger partial charge on any atom is -0.480 e. The van der Waals surface area contributed by atoms with Gasteiger partial charge in [-0.3, -0.25) is 0 Å². The number of nitrogens with one attached hydrogen (secondary N) is 1. The lowest BCUT2D eigenvalue weighted by Gasteiger charge is -2.16. The molecule has 2 rings (SSSR count). The largest absolute Gasteiger partial charge is 0.480 e. The van der Waals surface area contributed by atoms with Crippen LogP contribution in [0.1, 0.15) is 19.2 Å². The molecule has 0 radical (unpaired) electrons. The number of hydrogen-bond acceptors (Lipinski definition) is 5. The molecule has 0 aliphatic rings. The molecule has 102 valence electrons.